The average Bonchev–Trinajstić information content (AvgIpc) is 2.84. The number of hydrogen-bond acceptors (Lipinski definition) is 4. The van der Waals surface area contributed by atoms with Crippen molar-refractivity contribution in [3.63, 3.8) is 0 Å². The van der Waals surface area contributed by atoms with Crippen LogP contribution in [0.1, 0.15) is 75.2 Å². The van der Waals surface area contributed by atoms with Crippen molar-refractivity contribution in [3.05, 3.63) is 35.4 Å². The van der Waals surface area contributed by atoms with Crippen LogP contribution < -0.4 is 0 Å². The van der Waals surface area contributed by atoms with Crippen molar-refractivity contribution in [2.24, 2.45) is 0 Å². The van der Waals surface area contributed by atoms with Gasteiger partial charge in [-0.1, -0.05) is 18.2 Å². The van der Waals surface area contributed by atoms with E-state index in [-0.39, 0.29) is 30.1 Å². The van der Waals surface area contributed by atoms with Crippen LogP contribution in [0.4, 0.5) is 4.79 Å². The summed E-state index contributed by atoms with van der Waals surface area (Å²) < 4.78 is 10.8. The maximum absolute atomic E-state index is 12.6. The third kappa shape index (κ3) is 3.87. The van der Waals surface area contributed by atoms with E-state index in [1.807, 2.05) is 56.9 Å². The molecule has 3 rings (SSSR count). The van der Waals surface area contributed by atoms with Gasteiger partial charge in [0.15, 0.2) is 0 Å². The predicted octanol–water partition coefficient (Wildman–Crippen LogP) is 4.51. The Balaban J connectivity index is 1.78. The molecule has 2 atom stereocenters. The van der Waals surface area contributed by atoms with Gasteiger partial charge in [-0.2, -0.15) is 0 Å². The van der Waals surface area contributed by atoms with Gasteiger partial charge in [0, 0.05) is 12.1 Å². The summed E-state index contributed by atoms with van der Waals surface area (Å²) in [5.41, 5.74) is 1.22. The zero-order chi connectivity index (χ0) is 18.9. The predicted molar refractivity (Wildman–Crippen MR) is 99.3 cm³/mol. The molecular weight excluding hydrogens is 330 g/mol. The fourth-order valence-corrected chi connectivity index (χ4v) is 4.29. The van der Waals surface area contributed by atoms with E-state index in [2.05, 4.69) is 0 Å². The Morgan fingerprint density at radius 1 is 1.12 bits per heavy atom. The third-order valence-electron chi connectivity index (χ3n) is 5.23. The molecule has 2 fully saturated rings. The molecule has 2 unspecified atom stereocenters. The molecule has 0 N–H and O–H groups in total. The second-order valence-electron chi connectivity index (χ2n) is 8.25. The highest BCUT2D eigenvalue weighted by atomic mass is 16.6. The lowest BCUT2D eigenvalue weighted by Gasteiger charge is -2.40. The number of rotatable bonds is 3. The van der Waals surface area contributed by atoms with E-state index in [9.17, 15) is 9.59 Å². The highest BCUT2D eigenvalue weighted by Gasteiger charge is 2.45. The summed E-state index contributed by atoms with van der Waals surface area (Å²) in [6.07, 6.45) is 3.53. The topological polar surface area (TPSA) is 55.8 Å². The number of fused-ring (bicyclic) bond motifs is 2. The molecule has 1 aromatic carbocycles. The lowest BCUT2D eigenvalue weighted by molar-refractivity contribution is 0.00568. The maximum Gasteiger partial charge on any atom is 0.410 e. The fraction of sp³-hybridized carbons (Fsp3) is 0.619. The minimum Gasteiger partial charge on any atom is -0.462 e. The number of carbonyl (C=O) groups excluding carboxylic acids is 2. The first-order chi connectivity index (χ1) is 12.3. The van der Waals surface area contributed by atoms with Crippen LogP contribution in [0.3, 0.4) is 0 Å². The molecule has 5 nitrogen and oxygen atoms in total. The van der Waals surface area contributed by atoms with Gasteiger partial charge in [-0.15, -0.1) is 0 Å². The standard InChI is InChI=1S/C21H29NO4/c1-5-25-19(23)18-9-7-6-8-17(18)14-12-15-10-11-16(13-14)22(15)20(24)26-21(2,3)4/h6-9,14-16H,5,10-13H2,1-4H3. The van der Waals surface area contributed by atoms with Gasteiger partial charge in [0.05, 0.1) is 12.2 Å². The van der Waals surface area contributed by atoms with E-state index in [0.717, 1.165) is 31.2 Å². The summed E-state index contributed by atoms with van der Waals surface area (Å²) in [6.45, 7) is 7.88. The van der Waals surface area contributed by atoms with Crippen LogP contribution in [0, 0.1) is 0 Å². The van der Waals surface area contributed by atoms with Crippen LogP contribution in [0.2, 0.25) is 0 Å². The molecule has 26 heavy (non-hydrogen) atoms. The fourth-order valence-electron chi connectivity index (χ4n) is 4.29. The van der Waals surface area contributed by atoms with Crippen molar-refractivity contribution in [1.29, 1.82) is 0 Å². The van der Waals surface area contributed by atoms with E-state index in [0.29, 0.717) is 12.2 Å². The molecule has 2 saturated heterocycles. The van der Waals surface area contributed by atoms with E-state index in [1.54, 1.807) is 0 Å². The minimum atomic E-state index is -0.482. The first-order valence-corrected chi connectivity index (χ1v) is 9.57. The zero-order valence-electron chi connectivity index (χ0n) is 16.2. The lowest BCUT2D eigenvalue weighted by Crippen LogP contribution is -2.48. The summed E-state index contributed by atoms with van der Waals surface area (Å²) in [5, 5.41) is 0. The molecule has 5 heteroatoms. The molecule has 0 aliphatic carbocycles. The summed E-state index contributed by atoms with van der Waals surface area (Å²) in [7, 11) is 0. The first kappa shape index (κ1) is 18.7. The minimum absolute atomic E-state index is 0.184. The van der Waals surface area contributed by atoms with Crippen molar-refractivity contribution < 1.29 is 19.1 Å². The van der Waals surface area contributed by atoms with Crippen molar-refractivity contribution in [2.75, 3.05) is 6.61 Å². The molecule has 2 aliphatic heterocycles. The van der Waals surface area contributed by atoms with Crippen molar-refractivity contribution in [2.45, 2.75) is 77.0 Å². The molecule has 2 bridgehead atoms. The van der Waals surface area contributed by atoms with E-state index < -0.39 is 5.60 Å². The van der Waals surface area contributed by atoms with Gasteiger partial charge >= 0.3 is 12.1 Å². The number of ether oxygens (including phenoxy) is 2. The molecular formula is C21H29NO4. The van der Waals surface area contributed by atoms with E-state index in [1.165, 1.54) is 0 Å². The SMILES string of the molecule is CCOC(=O)c1ccccc1C1CC2CCC(C1)N2C(=O)OC(C)(C)C. The normalized spacial score (nSPS) is 25.1. The number of piperidine rings is 1. The highest BCUT2D eigenvalue weighted by Crippen LogP contribution is 2.44. The molecule has 2 heterocycles. The van der Waals surface area contributed by atoms with Crippen molar-refractivity contribution in [3.8, 4) is 0 Å². The molecule has 0 aromatic heterocycles. The maximum atomic E-state index is 12.6. The van der Waals surface area contributed by atoms with Gasteiger partial charge in [-0.25, -0.2) is 9.59 Å². The van der Waals surface area contributed by atoms with Crippen LogP contribution in [0.15, 0.2) is 24.3 Å². The molecule has 0 radical (unpaired) electrons. The summed E-state index contributed by atoms with van der Waals surface area (Å²) >= 11 is 0. The van der Waals surface area contributed by atoms with Crippen LogP contribution in [0.5, 0.6) is 0 Å². The second-order valence-corrected chi connectivity index (χ2v) is 8.25. The Labute approximate surface area is 155 Å². The molecule has 0 spiro atoms. The van der Waals surface area contributed by atoms with Crippen LogP contribution in [-0.2, 0) is 9.47 Å². The quantitative estimate of drug-likeness (QED) is 0.745. The first-order valence-electron chi connectivity index (χ1n) is 9.57. The smallest absolute Gasteiger partial charge is 0.410 e. The van der Waals surface area contributed by atoms with Crippen molar-refractivity contribution >= 4 is 12.1 Å². The zero-order valence-corrected chi connectivity index (χ0v) is 16.2. The van der Waals surface area contributed by atoms with Crippen LogP contribution in [-0.4, -0.2) is 41.3 Å². The second kappa shape index (κ2) is 7.29. The average molecular weight is 359 g/mol. The lowest BCUT2D eigenvalue weighted by atomic mass is 9.83. The number of carbonyl (C=O) groups is 2. The molecule has 142 valence electrons. The van der Waals surface area contributed by atoms with Crippen molar-refractivity contribution in [1.82, 2.24) is 4.90 Å². The summed E-state index contributed by atoms with van der Waals surface area (Å²) in [6, 6.07) is 8.09. The third-order valence-corrected chi connectivity index (χ3v) is 5.23. The largest absolute Gasteiger partial charge is 0.462 e. The molecule has 0 saturated carbocycles. The van der Waals surface area contributed by atoms with Crippen LogP contribution >= 0.6 is 0 Å². The molecule has 1 aromatic rings. The van der Waals surface area contributed by atoms with Gasteiger partial charge in [0.25, 0.3) is 0 Å². The Hall–Kier alpha value is -2.04. The number of nitrogens with zero attached hydrogens (tertiary/aromatic N) is 1. The number of hydrogen-bond donors (Lipinski definition) is 0. The number of benzene rings is 1. The molecule has 1 amide bonds. The van der Waals surface area contributed by atoms with Gasteiger partial charge in [-0.05, 0) is 70.9 Å². The monoisotopic (exact) mass is 359 g/mol. The van der Waals surface area contributed by atoms with Gasteiger partial charge < -0.3 is 14.4 Å². The van der Waals surface area contributed by atoms with Gasteiger partial charge in [0.2, 0.25) is 0 Å². The Bertz CT molecular complexity index is 665. The molecule has 2 aliphatic rings. The number of amides is 1. The van der Waals surface area contributed by atoms with Crippen LogP contribution in [0.25, 0.3) is 0 Å². The van der Waals surface area contributed by atoms with Gasteiger partial charge in [0.1, 0.15) is 5.60 Å². The highest BCUT2D eigenvalue weighted by molar-refractivity contribution is 5.91. The van der Waals surface area contributed by atoms with E-state index in [4.69, 9.17) is 9.47 Å². The Kier molecular flexibility index (Phi) is 5.26. The Morgan fingerprint density at radius 3 is 2.31 bits per heavy atom. The van der Waals surface area contributed by atoms with E-state index >= 15 is 0 Å². The summed E-state index contributed by atoms with van der Waals surface area (Å²) in [4.78, 5) is 26.9. The van der Waals surface area contributed by atoms with Gasteiger partial charge in [-0.3, -0.25) is 0 Å². The number of esters is 1. The summed E-state index contributed by atoms with van der Waals surface area (Å²) in [5.74, 6) is 0.0109. The Morgan fingerprint density at radius 2 is 1.73 bits per heavy atom.